The van der Waals surface area contributed by atoms with Crippen LogP contribution in [0.25, 0.3) is 0 Å². The van der Waals surface area contributed by atoms with E-state index in [1.54, 1.807) is 0 Å². The summed E-state index contributed by atoms with van der Waals surface area (Å²) < 4.78 is 0. The number of nitrogens with zero attached hydrogens (tertiary/aromatic N) is 1. The molecule has 108 valence electrons. The number of nitrogens with two attached hydrogens (primary N) is 1. The van der Waals surface area contributed by atoms with Crippen LogP contribution in [-0.4, -0.2) is 12.6 Å². The van der Waals surface area contributed by atoms with Crippen molar-refractivity contribution in [2.75, 3.05) is 11.4 Å². The zero-order valence-electron chi connectivity index (χ0n) is 12.6. The lowest BCUT2D eigenvalue weighted by molar-refractivity contribution is 0.729. The third-order valence-electron chi connectivity index (χ3n) is 3.43. The summed E-state index contributed by atoms with van der Waals surface area (Å²) in [4.78, 5) is 3.84. The molecule has 0 bridgehead atoms. The molecule has 0 aliphatic carbocycles. The second-order valence-corrected chi connectivity index (χ2v) is 6.44. The van der Waals surface area contributed by atoms with E-state index in [2.05, 4.69) is 61.4 Å². The van der Waals surface area contributed by atoms with E-state index in [1.165, 1.54) is 21.7 Å². The number of hydrogen-bond acceptors (Lipinski definition) is 3. The lowest BCUT2D eigenvalue weighted by atomic mass is 10.0. The predicted octanol–water partition coefficient (Wildman–Crippen LogP) is 3.97. The topological polar surface area (TPSA) is 29.3 Å². The van der Waals surface area contributed by atoms with Crippen molar-refractivity contribution in [1.82, 2.24) is 0 Å². The van der Waals surface area contributed by atoms with Gasteiger partial charge >= 0.3 is 0 Å². The fourth-order valence-electron chi connectivity index (χ4n) is 2.49. The third-order valence-corrected chi connectivity index (χ3v) is 4.29. The Labute approximate surface area is 126 Å². The molecule has 2 aromatic rings. The van der Waals surface area contributed by atoms with Crippen LogP contribution in [-0.2, 0) is 13.0 Å². The Bertz CT molecular complexity index is 532. The van der Waals surface area contributed by atoms with Crippen molar-refractivity contribution >= 4 is 17.0 Å². The highest BCUT2D eigenvalue weighted by Crippen LogP contribution is 2.25. The van der Waals surface area contributed by atoms with Gasteiger partial charge in [0.25, 0.3) is 0 Å². The molecule has 1 aromatic carbocycles. The highest BCUT2D eigenvalue weighted by molar-refractivity contribution is 7.09. The maximum absolute atomic E-state index is 6.00. The van der Waals surface area contributed by atoms with Crippen LogP contribution < -0.4 is 10.6 Å². The summed E-state index contributed by atoms with van der Waals surface area (Å²) in [5.74, 6) is 0. The Morgan fingerprint density at radius 1 is 1.30 bits per heavy atom. The quantitative estimate of drug-likeness (QED) is 0.871. The largest absolute Gasteiger partial charge is 0.366 e. The Kier molecular flexibility index (Phi) is 5.21. The number of benzene rings is 1. The van der Waals surface area contributed by atoms with Gasteiger partial charge in [-0.1, -0.05) is 23.8 Å². The van der Waals surface area contributed by atoms with E-state index in [4.69, 9.17) is 5.73 Å². The number of anilines is 1. The minimum absolute atomic E-state index is 0.191. The fourth-order valence-corrected chi connectivity index (χ4v) is 3.21. The van der Waals surface area contributed by atoms with Gasteiger partial charge in [0.1, 0.15) is 0 Å². The third kappa shape index (κ3) is 3.84. The average molecular weight is 288 g/mol. The van der Waals surface area contributed by atoms with E-state index < -0.39 is 0 Å². The van der Waals surface area contributed by atoms with Gasteiger partial charge in [-0.25, -0.2) is 0 Å². The minimum Gasteiger partial charge on any atom is -0.366 e. The molecule has 0 aliphatic rings. The molecule has 0 radical (unpaired) electrons. The molecule has 1 unspecified atom stereocenters. The molecule has 2 rings (SSSR count). The first-order valence-electron chi connectivity index (χ1n) is 7.22. The summed E-state index contributed by atoms with van der Waals surface area (Å²) >= 11 is 1.82. The van der Waals surface area contributed by atoms with Gasteiger partial charge in [0.2, 0.25) is 0 Å². The van der Waals surface area contributed by atoms with Gasteiger partial charge in [0, 0.05) is 23.2 Å². The van der Waals surface area contributed by atoms with Crippen molar-refractivity contribution in [2.24, 2.45) is 5.73 Å². The van der Waals surface area contributed by atoms with Crippen LogP contribution in [0.3, 0.4) is 0 Å². The second-order valence-electron chi connectivity index (χ2n) is 5.41. The van der Waals surface area contributed by atoms with Crippen LogP contribution in [0.5, 0.6) is 0 Å². The first-order valence-corrected chi connectivity index (χ1v) is 8.10. The predicted molar refractivity (Wildman–Crippen MR) is 89.6 cm³/mol. The molecule has 0 spiro atoms. The van der Waals surface area contributed by atoms with Crippen molar-refractivity contribution in [3.05, 3.63) is 51.7 Å². The Balaban J connectivity index is 2.28. The standard InChI is InChI=1S/C17H24N2S/c1-4-19(12-16-6-5-9-20-16)17-8-7-13(2)10-15(17)11-14(3)18/h5-10,14H,4,11-12,18H2,1-3H3. The minimum atomic E-state index is 0.191. The normalized spacial score (nSPS) is 12.4. The summed E-state index contributed by atoms with van der Waals surface area (Å²) in [5, 5.41) is 2.14. The molecule has 0 fully saturated rings. The van der Waals surface area contributed by atoms with Gasteiger partial charge in [0.05, 0.1) is 6.54 Å². The van der Waals surface area contributed by atoms with Crippen LogP contribution >= 0.6 is 11.3 Å². The monoisotopic (exact) mass is 288 g/mol. The van der Waals surface area contributed by atoms with Crippen LogP contribution in [0.2, 0.25) is 0 Å². The van der Waals surface area contributed by atoms with E-state index in [9.17, 15) is 0 Å². The Morgan fingerprint density at radius 2 is 2.10 bits per heavy atom. The molecular formula is C17H24N2S. The van der Waals surface area contributed by atoms with Crippen LogP contribution in [0.1, 0.15) is 29.9 Å². The van der Waals surface area contributed by atoms with Crippen molar-refractivity contribution in [3.63, 3.8) is 0 Å². The van der Waals surface area contributed by atoms with E-state index >= 15 is 0 Å². The SMILES string of the molecule is CCN(Cc1cccs1)c1ccc(C)cc1CC(C)N. The summed E-state index contributed by atoms with van der Waals surface area (Å²) in [6, 6.07) is 11.2. The van der Waals surface area contributed by atoms with Crippen molar-refractivity contribution < 1.29 is 0 Å². The number of rotatable bonds is 6. The highest BCUT2D eigenvalue weighted by atomic mass is 32.1. The molecule has 0 saturated carbocycles. The number of hydrogen-bond donors (Lipinski definition) is 1. The molecule has 3 heteroatoms. The number of aryl methyl sites for hydroxylation is 1. The van der Waals surface area contributed by atoms with E-state index in [1.807, 2.05) is 11.3 Å². The van der Waals surface area contributed by atoms with Crippen LogP contribution in [0.4, 0.5) is 5.69 Å². The zero-order valence-corrected chi connectivity index (χ0v) is 13.4. The van der Waals surface area contributed by atoms with E-state index in [-0.39, 0.29) is 6.04 Å². The summed E-state index contributed by atoms with van der Waals surface area (Å²) in [7, 11) is 0. The molecule has 20 heavy (non-hydrogen) atoms. The maximum atomic E-state index is 6.00. The van der Waals surface area contributed by atoms with Crippen molar-refractivity contribution in [3.8, 4) is 0 Å². The van der Waals surface area contributed by atoms with Crippen molar-refractivity contribution in [2.45, 2.75) is 39.8 Å². The molecule has 1 atom stereocenters. The summed E-state index contributed by atoms with van der Waals surface area (Å²) in [6.07, 6.45) is 0.929. The van der Waals surface area contributed by atoms with Gasteiger partial charge in [0.15, 0.2) is 0 Å². The summed E-state index contributed by atoms with van der Waals surface area (Å²) in [6.45, 7) is 8.41. The molecule has 0 aliphatic heterocycles. The molecule has 0 saturated heterocycles. The zero-order chi connectivity index (χ0) is 14.5. The molecule has 2 nitrogen and oxygen atoms in total. The number of thiophene rings is 1. The van der Waals surface area contributed by atoms with Gasteiger partial charge in [-0.2, -0.15) is 0 Å². The first kappa shape index (κ1) is 15.1. The second kappa shape index (κ2) is 6.91. The van der Waals surface area contributed by atoms with E-state index in [0.717, 1.165) is 19.5 Å². The Hall–Kier alpha value is -1.32. The average Bonchev–Trinajstić information content (AvgIpc) is 2.89. The maximum Gasteiger partial charge on any atom is 0.0522 e. The van der Waals surface area contributed by atoms with Gasteiger partial charge in [-0.05, 0) is 50.3 Å². The molecule has 0 amide bonds. The highest BCUT2D eigenvalue weighted by Gasteiger charge is 2.12. The fraction of sp³-hybridized carbons (Fsp3) is 0.412. The van der Waals surface area contributed by atoms with Gasteiger partial charge in [-0.15, -0.1) is 11.3 Å². The van der Waals surface area contributed by atoms with E-state index in [0.29, 0.717) is 0 Å². The van der Waals surface area contributed by atoms with Crippen LogP contribution in [0, 0.1) is 6.92 Å². The van der Waals surface area contributed by atoms with Gasteiger partial charge < -0.3 is 10.6 Å². The molecule has 2 N–H and O–H groups in total. The summed E-state index contributed by atoms with van der Waals surface area (Å²) in [5.41, 5.74) is 9.99. The van der Waals surface area contributed by atoms with Crippen molar-refractivity contribution in [1.29, 1.82) is 0 Å². The molecule has 1 heterocycles. The molecular weight excluding hydrogens is 264 g/mol. The smallest absolute Gasteiger partial charge is 0.0522 e. The lowest BCUT2D eigenvalue weighted by Crippen LogP contribution is -2.25. The molecule has 1 aromatic heterocycles. The Morgan fingerprint density at radius 3 is 2.70 bits per heavy atom. The first-order chi connectivity index (χ1) is 9.60. The van der Waals surface area contributed by atoms with Gasteiger partial charge in [-0.3, -0.25) is 0 Å². The van der Waals surface area contributed by atoms with Crippen LogP contribution in [0.15, 0.2) is 35.7 Å². The lowest BCUT2D eigenvalue weighted by Gasteiger charge is -2.26.